The van der Waals surface area contributed by atoms with Gasteiger partial charge in [0.05, 0.1) is 0 Å². The van der Waals surface area contributed by atoms with Crippen LogP contribution in [-0.4, -0.2) is 34.5 Å². The molecule has 0 heterocycles. The molecule has 0 spiro atoms. The van der Waals surface area contributed by atoms with E-state index in [-0.39, 0.29) is 18.5 Å². The van der Waals surface area contributed by atoms with E-state index in [2.05, 4.69) is 22.6 Å². The SMILES string of the molecule is Cc1ccc(C(=O)N(CC(=O)O)C2CC2)cc1I. The van der Waals surface area contributed by atoms with E-state index < -0.39 is 5.97 Å². The number of halogens is 1. The number of carboxylic acids is 1. The van der Waals surface area contributed by atoms with Crippen molar-refractivity contribution in [1.29, 1.82) is 0 Å². The van der Waals surface area contributed by atoms with E-state index in [0.29, 0.717) is 5.56 Å². The fourth-order valence-corrected chi connectivity index (χ4v) is 2.31. The third kappa shape index (κ3) is 3.01. The molecule has 96 valence electrons. The topological polar surface area (TPSA) is 57.6 Å². The van der Waals surface area contributed by atoms with Gasteiger partial charge in [0.2, 0.25) is 0 Å². The van der Waals surface area contributed by atoms with Gasteiger partial charge >= 0.3 is 5.97 Å². The number of aryl methyl sites for hydroxylation is 1. The zero-order chi connectivity index (χ0) is 13.3. The Morgan fingerprint density at radius 2 is 2.11 bits per heavy atom. The van der Waals surface area contributed by atoms with Crippen LogP contribution in [-0.2, 0) is 4.79 Å². The van der Waals surface area contributed by atoms with Gasteiger partial charge < -0.3 is 10.0 Å². The lowest BCUT2D eigenvalue weighted by molar-refractivity contribution is -0.137. The van der Waals surface area contributed by atoms with Gasteiger partial charge in [0.1, 0.15) is 6.54 Å². The molecule has 2 rings (SSSR count). The number of carbonyl (C=O) groups is 2. The van der Waals surface area contributed by atoms with Crippen molar-refractivity contribution in [3.05, 3.63) is 32.9 Å². The van der Waals surface area contributed by atoms with Gasteiger partial charge in [-0.3, -0.25) is 9.59 Å². The first-order chi connectivity index (χ1) is 8.49. The van der Waals surface area contributed by atoms with Crippen LogP contribution in [0.25, 0.3) is 0 Å². The second-order valence-corrected chi connectivity index (χ2v) is 5.68. The Morgan fingerprint density at radius 3 is 2.61 bits per heavy atom. The van der Waals surface area contributed by atoms with Crippen molar-refractivity contribution in [2.75, 3.05) is 6.54 Å². The summed E-state index contributed by atoms with van der Waals surface area (Å²) >= 11 is 2.18. The quantitative estimate of drug-likeness (QED) is 0.840. The Labute approximate surface area is 119 Å². The number of carbonyl (C=O) groups excluding carboxylic acids is 1. The van der Waals surface area contributed by atoms with Gasteiger partial charge in [-0.25, -0.2) is 0 Å². The van der Waals surface area contributed by atoms with Crippen LogP contribution in [0.15, 0.2) is 18.2 Å². The van der Waals surface area contributed by atoms with Crippen LogP contribution < -0.4 is 0 Å². The highest BCUT2D eigenvalue weighted by molar-refractivity contribution is 14.1. The van der Waals surface area contributed by atoms with E-state index >= 15 is 0 Å². The Hall–Kier alpha value is -1.11. The summed E-state index contributed by atoms with van der Waals surface area (Å²) in [5, 5.41) is 8.86. The number of hydrogen-bond donors (Lipinski definition) is 1. The van der Waals surface area contributed by atoms with Gasteiger partial charge in [-0.15, -0.1) is 0 Å². The van der Waals surface area contributed by atoms with Crippen LogP contribution in [0, 0.1) is 10.5 Å². The molecule has 1 fully saturated rings. The van der Waals surface area contributed by atoms with Crippen molar-refractivity contribution < 1.29 is 14.7 Å². The maximum atomic E-state index is 12.3. The molecule has 0 atom stereocenters. The average Bonchev–Trinajstić information content (AvgIpc) is 3.12. The molecule has 0 saturated heterocycles. The van der Waals surface area contributed by atoms with E-state index in [4.69, 9.17) is 5.11 Å². The molecule has 4 nitrogen and oxygen atoms in total. The van der Waals surface area contributed by atoms with E-state index in [1.54, 1.807) is 6.07 Å². The maximum absolute atomic E-state index is 12.3. The summed E-state index contributed by atoms with van der Waals surface area (Å²) in [4.78, 5) is 24.5. The lowest BCUT2D eigenvalue weighted by Gasteiger charge is -2.20. The van der Waals surface area contributed by atoms with Crippen LogP contribution in [0.4, 0.5) is 0 Å². The van der Waals surface area contributed by atoms with Crippen LogP contribution in [0.3, 0.4) is 0 Å². The predicted octanol–water partition coefficient (Wildman–Crippen LogP) is 2.29. The molecule has 1 aliphatic carbocycles. The van der Waals surface area contributed by atoms with Crippen molar-refractivity contribution in [3.8, 4) is 0 Å². The summed E-state index contributed by atoms with van der Waals surface area (Å²) < 4.78 is 1.02. The number of amides is 1. The molecule has 5 heteroatoms. The molecule has 1 saturated carbocycles. The van der Waals surface area contributed by atoms with Gasteiger partial charge in [-0.05, 0) is 60.1 Å². The van der Waals surface area contributed by atoms with Gasteiger partial charge in [0.15, 0.2) is 0 Å². The fourth-order valence-electron chi connectivity index (χ4n) is 1.79. The first-order valence-electron chi connectivity index (χ1n) is 5.78. The average molecular weight is 359 g/mol. The zero-order valence-corrected chi connectivity index (χ0v) is 12.2. The molecule has 1 aromatic carbocycles. The summed E-state index contributed by atoms with van der Waals surface area (Å²) in [6, 6.07) is 5.57. The Bertz CT molecular complexity index is 497. The molecule has 1 N–H and O–H groups in total. The van der Waals surface area contributed by atoms with Crippen molar-refractivity contribution in [3.63, 3.8) is 0 Å². The first-order valence-corrected chi connectivity index (χ1v) is 6.86. The largest absolute Gasteiger partial charge is 0.480 e. The normalized spacial score (nSPS) is 14.3. The smallest absolute Gasteiger partial charge is 0.323 e. The molecule has 0 bridgehead atoms. The van der Waals surface area contributed by atoms with E-state index in [9.17, 15) is 9.59 Å². The number of benzene rings is 1. The van der Waals surface area contributed by atoms with Crippen molar-refractivity contribution >= 4 is 34.5 Å². The van der Waals surface area contributed by atoms with E-state index in [1.165, 1.54) is 4.90 Å². The molecule has 1 aromatic rings. The lowest BCUT2D eigenvalue weighted by Crippen LogP contribution is -2.37. The standard InChI is InChI=1S/C13H14INO3/c1-8-2-3-9(6-11(8)14)13(18)15(7-12(16)17)10-4-5-10/h2-3,6,10H,4-5,7H2,1H3,(H,16,17). The first kappa shape index (κ1) is 13.3. The molecule has 0 radical (unpaired) electrons. The predicted molar refractivity (Wildman–Crippen MR) is 75.6 cm³/mol. The maximum Gasteiger partial charge on any atom is 0.323 e. The highest BCUT2D eigenvalue weighted by atomic mass is 127. The van der Waals surface area contributed by atoms with Crippen molar-refractivity contribution in [1.82, 2.24) is 4.90 Å². The van der Waals surface area contributed by atoms with Crippen LogP contribution in [0.1, 0.15) is 28.8 Å². The number of carboxylic acid groups (broad SMARTS) is 1. The summed E-state index contributed by atoms with van der Waals surface area (Å²) in [6.45, 7) is 1.76. The third-order valence-electron chi connectivity index (χ3n) is 2.97. The van der Waals surface area contributed by atoms with E-state index in [1.807, 2.05) is 19.1 Å². The second kappa shape index (κ2) is 5.26. The summed E-state index contributed by atoms with van der Waals surface area (Å²) in [7, 11) is 0. The Morgan fingerprint density at radius 1 is 1.44 bits per heavy atom. The van der Waals surface area contributed by atoms with Gasteiger partial charge in [-0.1, -0.05) is 6.07 Å². The van der Waals surface area contributed by atoms with Crippen LogP contribution >= 0.6 is 22.6 Å². The molecular weight excluding hydrogens is 345 g/mol. The Balaban J connectivity index is 2.21. The van der Waals surface area contributed by atoms with Gasteiger partial charge in [0.25, 0.3) is 5.91 Å². The molecule has 18 heavy (non-hydrogen) atoms. The molecule has 0 aromatic heterocycles. The minimum Gasteiger partial charge on any atom is -0.480 e. The van der Waals surface area contributed by atoms with Crippen LogP contribution in [0.5, 0.6) is 0 Å². The number of nitrogens with zero attached hydrogens (tertiary/aromatic N) is 1. The Kier molecular flexibility index (Phi) is 3.89. The second-order valence-electron chi connectivity index (χ2n) is 4.52. The summed E-state index contributed by atoms with van der Waals surface area (Å²) in [6.07, 6.45) is 1.81. The minimum atomic E-state index is -0.961. The highest BCUT2D eigenvalue weighted by Gasteiger charge is 2.34. The van der Waals surface area contributed by atoms with Crippen molar-refractivity contribution in [2.24, 2.45) is 0 Å². The summed E-state index contributed by atoms with van der Waals surface area (Å²) in [5.41, 5.74) is 1.68. The fraction of sp³-hybridized carbons (Fsp3) is 0.385. The molecular formula is C13H14INO3. The number of aliphatic carboxylic acids is 1. The molecule has 0 aliphatic heterocycles. The minimum absolute atomic E-state index is 0.104. The highest BCUT2D eigenvalue weighted by Crippen LogP contribution is 2.28. The summed E-state index contributed by atoms with van der Waals surface area (Å²) in [5.74, 6) is -1.14. The molecule has 0 unspecified atom stereocenters. The van der Waals surface area contributed by atoms with Gasteiger partial charge in [0, 0.05) is 15.2 Å². The monoisotopic (exact) mass is 359 g/mol. The lowest BCUT2D eigenvalue weighted by atomic mass is 10.1. The molecule has 1 amide bonds. The van der Waals surface area contributed by atoms with Crippen LogP contribution in [0.2, 0.25) is 0 Å². The number of hydrogen-bond acceptors (Lipinski definition) is 2. The van der Waals surface area contributed by atoms with Gasteiger partial charge in [-0.2, -0.15) is 0 Å². The van der Waals surface area contributed by atoms with E-state index in [0.717, 1.165) is 22.0 Å². The van der Waals surface area contributed by atoms with Crippen molar-refractivity contribution in [2.45, 2.75) is 25.8 Å². The zero-order valence-electron chi connectivity index (χ0n) is 10.0. The number of rotatable bonds is 4. The molecule has 1 aliphatic rings. The third-order valence-corrected chi connectivity index (χ3v) is 4.14.